The van der Waals surface area contributed by atoms with Gasteiger partial charge in [0.15, 0.2) is 0 Å². The molecule has 0 heterocycles. The zero-order chi connectivity index (χ0) is 40.9. The van der Waals surface area contributed by atoms with Crippen LogP contribution in [0.1, 0.15) is 168 Å². The van der Waals surface area contributed by atoms with Gasteiger partial charge in [-0.2, -0.15) is 0 Å². The van der Waals surface area contributed by atoms with Gasteiger partial charge in [-0.05, 0) is 38.5 Å². The molecule has 0 saturated heterocycles. The Labute approximate surface area is 331 Å². The summed E-state index contributed by atoms with van der Waals surface area (Å²) in [5.74, 6) is -0.605. The summed E-state index contributed by atoms with van der Waals surface area (Å²) in [7, 11) is -5.13. The molecule has 0 aromatic heterocycles. The summed E-state index contributed by atoms with van der Waals surface area (Å²) in [5, 5.41) is 74.1. The number of carbonyl (C=O) groups excluding carboxylic acids is 1. The van der Waals surface area contributed by atoms with Crippen molar-refractivity contribution in [3.63, 3.8) is 0 Å². The molecule has 1 fully saturated rings. The van der Waals surface area contributed by atoms with E-state index in [0.29, 0.717) is 12.8 Å². The van der Waals surface area contributed by atoms with Gasteiger partial charge in [0.25, 0.3) is 0 Å². The van der Waals surface area contributed by atoms with Crippen molar-refractivity contribution >= 4 is 13.7 Å². The van der Waals surface area contributed by atoms with Crippen LogP contribution in [0.25, 0.3) is 0 Å². The topological polar surface area (TPSA) is 226 Å². The number of nitrogens with one attached hydrogen (secondary N) is 1. The van der Waals surface area contributed by atoms with E-state index in [4.69, 9.17) is 9.05 Å². The number of carbonyl (C=O) groups is 1. The van der Waals surface area contributed by atoms with Crippen molar-refractivity contribution in [2.24, 2.45) is 0 Å². The summed E-state index contributed by atoms with van der Waals surface area (Å²) in [6, 6.07) is -1.24. The van der Waals surface area contributed by atoms with Gasteiger partial charge in [0, 0.05) is 0 Å². The molecule has 0 aromatic carbocycles. The van der Waals surface area contributed by atoms with E-state index in [1.54, 1.807) is 6.08 Å². The second-order valence-electron chi connectivity index (χ2n) is 15.4. The first kappa shape index (κ1) is 51.8. The van der Waals surface area contributed by atoms with Gasteiger partial charge in [0.1, 0.15) is 36.6 Å². The van der Waals surface area contributed by atoms with Gasteiger partial charge in [-0.1, -0.05) is 147 Å². The second kappa shape index (κ2) is 31.7. The first-order valence-corrected chi connectivity index (χ1v) is 22.9. The molecule has 1 rings (SSSR count). The van der Waals surface area contributed by atoms with Crippen LogP contribution in [0.15, 0.2) is 24.3 Å². The molecule has 9 N–H and O–H groups in total. The molecular formula is C41H78NO12P. The molecule has 1 saturated carbocycles. The van der Waals surface area contributed by atoms with Gasteiger partial charge in [-0.3, -0.25) is 13.8 Å². The third-order valence-electron chi connectivity index (χ3n) is 10.3. The van der Waals surface area contributed by atoms with Crippen LogP contribution in [0.5, 0.6) is 0 Å². The fraction of sp³-hybridized carbons (Fsp3) is 0.878. The first-order chi connectivity index (χ1) is 26.3. The molecule has 0 spiro atoms. The molecule has 0 aliphatic heterocycles. The van der Waals surface area contributed by atoms with Gasteiger partial charge in [0.2, 0.25) is 5.91 Å². The van der Waals surface area contributed by atoms with Gasteiger partial charge < -0.3 is 46.0 Å². The zero-order valence-corrected chi connectivity index (χ0v) is 34.7. The van der Waals surface area contributed by atoms with Crippen LogP contribution in [0, 0.1) is 0 Å². The van der Waals surface area contributed by atoms with Crippen LogP contribution in [0.3, 0.4) is 0 Å². The Hall–Kier alpha value is -1.22. The first-order valence-electron chi connectivity index (χ1n) is 21.4. The van der Waals surface area contributed by atoms with Crippen molar-refractivity contribution in [1.82, 2.24) is 5.32 Å². The maximum Gasteiger partial charge on any atom is 0.472 e. The molecule has 55 heavy (non-hydrogen) atoms. The maximum absolute atomic E-state index is 12.9. The lowest BCUT2D eigenvalue weighted by molar-refractivity contribution is -0.220. The summed E-state index contributed by atoms with van der Waals surface area (Å²) < 4.78 is 22.8. The highest BCUT2D eigenvalue weighted by Crippen LogP contribution is 2.47. The van der Waals surface area contributed by atoms with Crippen molar-refractivity contribution in [2.45, 2.75) is 223 Å². The minimum Gasteiger partial charge on any atom is -0.393 e. The van der Waals surface area contributed by atoms with E-state index in [0.717, 1.165) is 57.8 Å². The van der Waals surface area contributed by atoms with Crippen LogP contribution in [-0.2, 0) is 18.4 Å². The molecule has 0 radical (unpaired) electrons. The lowest BCUT2D eigenvalue weighted by Crippen LogP contribution is -2.64. The minimum atomic E-state index is -5.13. The number of hydrogen-bond acceptors (Lipinski definition) is 11. The summed E-state index contributed by atoms with van der Waals surface area (Å²) in [6.07, 6.45) is 18.6. The maximum atomic E-state index is 12.9. The molecular weight excluding hydrogens is 729 g/mol. The van der Waals surface area contributed by atoms with E-state index in [1.807, 2.05) is 0 Å². The number of hydrogen-bond donors (Lipinski definition) is 9. The van der Waals surface area contributed by atoms with E-state index in [9.17, 15) is 50.0 Å². The normalized spacial score (nSPS) is 24.6. The van der Waals surface area contributed by atoms with Crippen molar-refractivity contribution in [3.8, 4) is 0 Å². The van der Waals surface area contributed by atoms with Crippen molar-refractivity contribution in [3.05, 3.63) is 24.3 Å². The smallest absolute Gasteiger partial charge is 0.393 e. The number of aliphatic hydroxyl groups excluding tert-OH is 7. The molecule has 1 aliphatic rings. The number of unbranched alkanes of at least 4 members (excludes halogenated alkanes) is 19. The van der Waals surface area contributed by atoms with E-state index in [1.165, 1.54) is 83.1 Å². The van der Waals surface area contributed by atoms with Crippen LogP contribution < -0.4 is 5.32 Å². The largest absolute Gasteiger partial charge is 0.472 e. The number of phosphoric acid groups is 1. The summed E-state index contributed by atoms with van der Waals surface area (Å²) in [6.45, 7) is 3.66. The minimum absolute atomic E-state index is 0.255. The predicted molar refractivity (Wildman–Crippen MR) is 215 cm³/mol. The molecule has 1 aliphatic carbocycles. The van der Waals surface area contributed by atoms with Crippen molar-refractivity contribution in [2.75, 3.05) is 6.61 Å². The SMILES string of the molecule is CCCC/C=C\CCCCCC(O)CC(=O)NC(COP(=O)(O)OC1C(O)C(O)C(O)C(O)C1O)C(O)/C=C/CCCCCCCCCCCCCCCC. The van der Waals surface area contributed by atoms with E-state index < -0.39 is 75.2 Å². The molecule has 0 bridgehead atoms. The van der Waals surface area contributed by atoms with Crippen molar-refractivity contribution < 1.29 is 59.0 Å². The number of phosphoric ester groups is 1. The number of allylic oxidation sites excluding steroid dienone is 3. The third kappa shape index (κ3) is 24.3. The molecule has 1 amide bonds. The fourth-order valence-corrected chi connectivity index (χ4v) is 7.66. The number of aliphatic hydroxyl groups is 7. The molecule has 8 unspecified atom stereocenters. The number of rotatable bonds is 34. The Morgan fingerprint density at radius 3 is 1.60 bits per heavy atom. The Balaban J connectivity index is 2.61. The van der Waals surface area contributed by atoms with Gasteiger partial charge >= 0.3 is 7.82 Å². The highest BCUT2D eigenvalue weighted by atomic mass is 31.2. The Morgan fingerprint density at radius 2 is 1.07 bits per heavy atom. The molecule has 324 valence electrons. The van der Waals surface area contributed by atoms with Crippen LogP contribution in [-0.4, -0.2) is 108 Å². The van der Waals surface area contributed by atoms with Crippen LogP contribution in [0.2, 0.25) is 0 Å². The monoisotopic (exact) mass is 808 g/mol. The van der Waals surface area contributed by atoms with Gasteiger partial charge in [0.05, 0.1) is 31.3 Å². The zero-order valence-electron chi connectivity index (χ0n) is 33.8. The average Bonchev–Trinajstić information content (AvgIpc) is 3.15. The summed E-state index contributed by atoms with van der Waals surface area (Å²) >= 11 is 0. The summed E-state index contributed by atoms with van der Waals surface area (Å²) in [4.78, 5) is 23.3. The Bertz CT molecular complexity index is 1050. The van der Waals surface area contributed by atoms with Crippen LogP contribution in [0.4, 0.5) is 0 Å². The Morgan fingerprint density at radius 1 is 0.636 bits per heavy atom. The Kier molecular flexibility index (Phi) is 29.9. The summed E-state index contributed by atoms with van der Waals surface area (Å²) in [5.41, 5.74) is 0. The van der Waals surface area contributed by atoms with Gasteiger partial charge in [-0.25, -0.2) is 4.57 Å². The predicted octanol–water partition coefficient (Wildman–Crippen LogP) is 6.03. The molecule has 13 nitrogen and oxygen atoms in total. The highest BCUT2D eigenvalue weighted by molar-refractivity contribution is 7.47. The quantitative estimate of drug-likeness (QED) is 0.0207. The van der Waals surface area contributed by atoms with Gasteiger partial charge in [-0.15, -0.1) is 0 Å². The van der Waals surface area contributed by atoms with E-state index >= 15 is 0 Å². The lowest BCUT2D eigenvalue weighted by Gasteiger charge is -2.41. The van der Waals surface area contributed by atoms with Crippen molar-refractivity contribution in [1.29, 1.82) is 0 Å². The third-order valence-corrected chi connectivity index (χ3v) is 11.3. The molecule has 0 aromatic rings. The van der Waals surface area contributed by atoms with Crippen LogP contribution >= 0.6 is 7.82 Å². The van der Waals surface area contributed by atoms with E-state index in [2.05, 4.69) is 31.3 Å². The second-order valence-corrected chi connectivity index (χ2v) is 16.8. The average molecular weight is 808 g/mol. The fourth-order valence-electron chi connectivity index (χ4n) is 6.69. The lowest BCUT2D eigenvalue weighted by atomic mass is 9.85. The standard InChI is InChI=1S/C41H78NO12P/c1-3-5-7-9-11-13-14-15-16-17-18-19-21-23-25-27-29-34(44)33(42-35(45)30-32(43)28-26-24-22-20-12-10-8-6-4-2)31-53-55(51,52)54-41-39(49)37(47)36(46)38(48)40(41)50/h10,12,27,29,32-34,36-41,43-44,46-50H,3-9,11,13-26,28,30-31H2,1-2H3,(H,42,45)(H,51,52)/b12-10-,29-27+. The molecule has 14 heteroatoms. The number of amides is 1. The highest BCUT2D eigenvalue weighted by Gasteiger charge is 2.51. The van der Waals surface area contributed by atoms with E-state index in [-0.39, 0.29) is 6.42 Å². The molecule has 8 atom stereocenters.